The van der Waals surface area contributed by atoms with Gasteiger partial charge in [0.25, 0.3) is 0 Å². The first kappa shape index (κ1) is 9.93. The molecule has 0 bridgehead atoms. The number of halogens is 1. The Hall–Kier alpha value is -0.150. The molecule has 0 amide bonds. The van der Waals surface area contributed by atoms with E-state index in [2.05, 4.69) is 0 Å². The molecule has 12 heavy (non-hydrogen) atoms. The van der Waals surface area contributed by atoms with Gasteiger partial charge < -0.3 is 10.2 Å². The Morgan fingerprint density at radius 3 is 2.25 bits per heavy atom. The third-order valence-electron chi connectivity index (χ3n) is 2.53. The van der Waals surface area contributed by atoms with E-state index in [1.165, 1.54) is 6.92 Å². The maximum absolute atomic E-state index is 13.2. The second-order valence-electron chi connectivity index (χ2n) is 4.87. The third-order valence-corrected chi connectivity index (χ3v) is 2.53. The van der Waals surface area contributed by atoms with Crippen molar-refractivity contribution in [2.45, 2.75) is 51.5 Å². The van der Waals surface area contributed by atoms with Crippen molar-refractivity contribution in [3.05, 3.63) is 0 Å². The predicted molar refractivity (Wildman–Crippen MR) is 44.5 cm³/mol. The molecule has 72 valence electrons. The highest BCUT2D eigenvalue weighted by Gasteiger charge is 2.47. The zero-order valence-corrected chi connectivity index (χ0v) is 7.84. The van der Waals surface area contributed by atoms with Crippen LogP contribution in [-0.4, -0.2) is 28.1 Å². The molecular formula is C9H17FO2. The molecule has 1 rings (SSSR count). The second-order valence-corrected chi connectivity index (χ2v) is 4.87. The van der Waals surface area contributed by atoms with Crippen molar-refractivity contribution in [3.8, 4) is 0 Å². The van der Waals surface area contributed by atoms with Crippen LogP contribution in [0.15, 0.2) is 0 Å². The van der Waals surface area contributed by atoms with Gasteiger partial charge in [0.2, 0.25) is 0 Å². The van der Waals surface area contributed by atoms with Crippen LogP contribution in [0.4, 0.5) is 4.39 Å². The number of aliphatic hydroxyl groups is 2. The smallest absolute Gasteiger partial charge is 0.154 e. The van der Waals surface area contributed by atoms with Gasteiger partial charge in [-0.15, -0.1) is 0 Å². The summed E-state index contributed by atoms with van der Waals surface area (Å²) in [5.74, 6) is 0. The third kappa shape index (κ3) is 1.77. The first-order chi connectivity index (χ1) is 5.25. The fourth-order valence-corrected chi connectivity index (χ4v) is 2.22. The Kier molecular flexibility index (Phi) is 2.21. The van der Waals surface area contributed by atoms with E-state index < -0.39 is 17.9 Å². The van der Waals surface area contributed by atoms with Crippen molar-refractivity contribution in [3.63, 3.8) is 0 Å². The molecule has 1 fully saturated rings. The normalized spacial score (nSPS) is 47.5. The van der Waals surface area contributed by atoms with Gasteiger partial charge in [0.05, 0.1) is 11.7 Å². The minimum Gasteiger partial charge on any atom is -0.390 e. The Balaban J connectivity index is 2.80. The molecule has 0 aromatic rings. The van der Waals surface area contributed by atoms with Crippen molar-refractivity contribution in [1.29, 1.82) is 0 Å². The lowest BCUT2D eigenvalue weighted by molar-refractivity contribution is -0.138. The summed E-state index contributed by atoms with van der Waals surface area (Å²) in [4.78, 5) is 0. The van der Waals surface area contributed by atoms with Crippen molar-refractivity contribution in [2.75, 3.05) is 0 Å². The summed E-state index contributed by atoms with van der Waals surface area (Å²) in [5, 5.41) is 18.9. The number of hydrogen-bond donors (Lipinski definition) is 2. The summed E-state index contributed by atoms with van der Waals surface area (Å²) in [6, 6.07) is 0. The highest BCUT2D eigenvalue weighted by molar-refractivity contribution is 4.98. The first-order valence-electron chi connectivity index (χ1n) is 4.29. The lowest BCUT2D eigenvalue weighted by Gasteiger charge is -2.44. The van der Waals surface area contributed by atoms with Crippen LogP contribution >= 0.6 is 0 Å². The average molecular weight is 176 g/mol. The molecule has 0 aliphatic heterocycles. The summed E-state index contributed by atoms with van der Waals surface area (Å²) >= 11 is 0. The molecule has 0 heterocycles. The van der Waals surface area contributed by atoms with E-state index in [9.17, 15) is 14.6 Å². The van der Waals surface area contributed by atoms with Gasteiger partial charge in [-0.2, -0.15) is 0 Å². The molecule has 0 spiro atoms. The zero-order valence-electron chi connectivity index (χ0n) is 7.84. The van der Waals surface area contributed by atoms with Crippen LogP contribution in [0.25, 0.3) is 0 Å². The average Bonchev–Trinajstić information content (AvgIpc) is 1.79. The second kappa shape index (κ2) is 2.67. The quantitative estimate of drug-likeness (QED) is 0.583. The Labute approximate surface area is 72.4 Å². The van der Waals surface area contributed by atoms with Gasteiger partial charge in [0.15, 0.2) is 6.17 Å². The van der Waals surface area contributed by atoms with Gasteiger partial charge >= 0.3 is 0 Å². The SMILES string of the molecule is CC1(C)C[C@@H](O)[C@@H](F)[C@](C)(O)C1. The van der Waals surface area contributed by atoms with Crippen molar-refractivity contribution in [1.82, 2.24) is 0 Å². The van der Waals surface area contributed by atoms with Crippen molar-refractivity contribution in [2.24, 2.45) is 5.41 Å². The van der Waals surface area contributed by atoms with Crippen LogP contribution in [-0.2, 0) is 0 Å². The molecule has 0 unspecified atom stereocenters. The molecule has 3 atom stereocenters. The van der Waals surface area contributed by atoms with Gasteiger partial charge in [-0.25, -0.2) is 4.39 Å². The summed E-state index contributed by atoms with van der Waals surface area (Å²) in [6.45, 7) is 5.30. The molecule has 0 saturated heterocycles. The van der Waals surface area contributed by atoms with E-state index in [0.29, 0.717) is 12.8 Å². The number of hydrogen-bond acceptors (Lipinski definition) is 2. The van der Waals surface area contributed by atoms with E-state index in [4.69, 9.17) is 0 Å². The maximum Gasteiger partial charge on any atom is 0.154 e. The molecule has 2 nitrogen and oxygen atoms in total. The Morgan fingerprint density at radius 2 is 1.83 bits per heavy atom. The molecule has 1 saturated carbocycles. The topological polar surface area (TPSA) is 40.5 Å². The maximum atomic E-state index is 13.2. The van der Waals surface area contributed by atoms with Gasteiger partial charge in [0, 0.05) is 0 Å². The lowest BCUT2D eigenvalue weighted by atomic mass is 9.68. The van der Waals surface area contributed by atoms with E-state index >= 15 is 0 Å². The number of rotatable bonds is 0. The highest BCUT2D eigenvalue weighted by atomic mass is 19.1. The zero-order chi connectivity index (χ0) is 9.57. The van der Waals surface area contributed by atoms with Crippen LogP contribution in [0.1, 0.15) is 33.6 Å². The molecule has 1 aliphatic rings. The minimum absolute atomic E-state index is 0.175. The number of aliphatic hydroxyl groups excluding tert-OH is 1. The van der Waals surface area contributed by atoms with E-state index in [-0.39, 0.29) is 5.41 Å². The molecule has 1 aliphatic carbocycles. The molecule has 0 aromatic heterocycles. The largest absolute Gasteiger partial charge is 0.390 e. The summed E-state index contributed by atoms with van der Waals surface area (Å²) in [7, 11) is 0. The Morgan fingerprint density at radius 1 is 1.33 bits per heavy atom. The minimum atomic E-state index is -1.51. The van der Waals surface area contributed by atoms with Crippen LogP contribution in [0, 0.1) is 5.41 Å². The van der Waals surface area contributed by atoms with Crippen molar-refractivity contribution < 1.29 is 14.6 Å². The monoisotopic (exact) mass is 176 g/mol. The van der Waals surface area contributed by atoms with E-state index in [1.54, 1.807) is 0 Å². The van der Waals surface area contributed by atoms with Crippen LogP contribution in [0.2, 0.25) is 0 Å². The van der Waals surface area contributed by atoms with Gasteiger partial charge in [0.1, 0.15) is 0 Å². The molecular weight excluding hydrogens is 159 g/mol. The van der Waals surface area contributed by atoms with E-state index in [1.807, 2.05) is 13.8 Å². The summed E-state index contributed by atoms with van der Waals surface area (Å²) in [5.41, 5.74) is -1.55. The van der Waals surface area contributed by atoms with Crippen LogP contribution in [0.3, 0.4) is 0 Å². The summed E-state index contributed by atoms with van der Waals surface area (Å²) in [6.07, 6.45) is -1.71. The van der Waals surface area contributed by atoms with Crippen LogP contribution in [0.5, 0.6) is 0 Å². The number of alkyl halides is 1. The molecule has 3 heteroatoms. The Bertz CT molecular complexity index is 177. The first-order valence-corrected chi connectivity index (χ1v) is 4.29. The molecule has 2 N–H and O–H groups in total. The van der Waals surface area contributed by atoms with Gasteiger partial charge in [-0.3, -0.25) is 0 Å². The lowest BCUT2D eigenvalue weighted by Crippen LogP contribution is -2.52. The van der Waals surface area contributed by atoms with Gasteiger partial charge in [-0.05, 0) is 25.2 Å². The van der Waals surface area contributed by atoms with Crippen molar-refractivity contribution >= 4 is 0 Å². The predicted octanol–water partition coefficient (Wildman–Crippen LogP) is 1.26. The summed E-state index contributed by atoms with van der Waals surface area (Å²) < 4.78 is 13.2. The fourth-order valence-electron chi connectivity index (χ4n) is 2.22. The molecule has 0 radical (unpaired) electrons. The van der Waals surface area contributed by atoms with Crippen LogP contribution < -0.4 is 0 Å². The highest BCUT2D eigenvalue weighted by Crippen LogP contribution is 2.42. The van der Waals surface area contributed by atoms with Gasteiger partial charge in [-0.1, -0.05) is 13.8 Å². The fraction of sp³-hybridized carbons (Fsp3) is 1.00. The molecule has 0 aromatic carbocycles. The van der Waals surface area contributed by atoms with E-state index in [0.717, 1.165) is 0 Å². The standard InChI is InChI=1S/C9H17FO2/c1-8(2)4-6(11)7(10)9(3,12)5-8/h6-7,11-12H,4-5H2,1-3H3/t6-,7-,9-/m1/s1.